The predicted octanol–water partition coefficient (Wildman–Crippen LogP) is 4.60. The van der Waals surface area contributed by atoms with Gasteiger partial charge in [-0.1, -0.05) is 23.0 Å². The third-order valence-corrected chi connectivity index (χ3v) is 6.06. The molecule has 1 aromatic carbocycles. The molecule has 166 valence electrons. The molecule has 0 spiro atoms. The quantitative estimate of drug-likeness (QED) is 0.196. The number of rotatable bonds is 9. The van der Waals surface area contributed by atoms with Crippen LogP contribution in [-0.4, -0.2) is 33.4 Å². The highest BCUT2D eigenvalue weighted by Gasteiger charge is 2.17. The summed E-state index contributed by atoms with van der Waals surface area (Å²) < 4.78 is 41.4. The minimum absolute atomic E-state index is 0.0965. The smallest absolute Gasteiger partial charge is 0.387 e. The van der Waals surface area contributed by atoms with Crippen molar-refractivity contribution < 1.29 is 22.8 Å². The highest BCUT2D eigenvalue weighted by Crippen LogP contribution is 2.33. The zero-order chi connectivity index (χ0) is 22.7. The maximum atomic E-state index is 12.7. The topological polar surface area (TPSA) is 92.3 Å². The number of fused-ring (bicyclic) bond motifs is 1. The van der Waals surface area contributed by atoms with E-state index < -0.39 is 6.61 Å². The molecule has 0 amide bonds. The Morgan fingerprint density at radius 3 is 2.91 bits per heavy atom. The van der Waals surface area contributed by atoms with Crippen LogP contribution < -0.4 is 15.0 Å². The summed E-state index contributed by atoms with van der Waals surface area (Å²) in [4.78, 5) is 22.3. The lowest BCUT2D eigenvalue weighted by Gasteiger charge is -2.10. The van der Waals surface area contributed by atoms with Gasteiger partial charge in [-0.15, -0.1) is 17.9 Å². The van der Waals surface area contributed by atoms with Crippen LogP contribution in [0, 0.1) is 0 Å². The molecule has 0 radical (unpaired) electrons. The van der Waals surface area contributed by atoms with Crippen molar-refractivity contribution in [2.45, 2.75) is 24.1 Å². The minimum atomic E-state index is -2.97. The molecule has 0 unspecified atom stereocenters. The van der Waals surface area contributed by atoms with Crippen LogP contribution in [0.3, 0.4) is 0 Å². The monoisotopic (exact) mass is 478 g/mol. The second-order valence-corrected chi connectivity index (χ2v) is 8.12. The second kappa shape index (κ2) is 9.49. The third-order valence-electron chi connectivity index (χ3n) is 4.29. The summed E-state index contributed by atoms with van der Waals surface area (Å²) >= 11 is 2.67. The molecular formula is C20H16F2N4O4S2. The lowest BCUT2D eigenvalue weighted by molar-refractivity contribution is -0.0512. The average molecular weight is 479 g/mol. The number of nitrogens with zero attached hydrogens (tertiary/aromatic N) is 4. The first kappa shape index (κ1) is 22.0. The Bertz CT molecular complexity index is 1320. The Labute approximate surface area is 188 Å². The molecule has 0 saturated heterocycles. The van der Waals surface area contributed by atoms with E-state index in [-0.39, 0.29) is 28.6 Å². The normalized spacial score (nSPS) is 11.2. The van der Waals surface area contributed by atoms with Crippen LogP contribution in [-0.2, 0) is 12.3 Å². The van der Waals surface area contributed by atoms with Gasteiger partial charge in [0.15, 0.2) is 16.7 Å². The molecule has 0 fully saturated rings. The van der Waals surface area contributed by atoms with Crippen molar-refractivity contribution in [2.75, 3.05) is 7.11 Å². The number of ether oxygens (including phenoxy) is 2. The van der Waals surface area contributed by atoms with Gasteiger partial charge in [-0.2, -0.15) is 13.8 Å². The summed E-state index contributed by atoms with van der Waals surface area (Å²) in [6, 6.07) is 6.10. The number of hydrogen-bond acceptors (Lipinski definition) is 9. The van der Waals surface area contributed by atoms with E-state index >= 15 is 0 Å². The standard InChI is InChI=1S/C20H16F2N4O4S2/c1-3-7-26-18(27)12-6-8-31-17(12)24-20(26)32-10-15-23-16(25-30-15)11-4-5-13(29-19(21)22)14(9-11)28-2/h3-6,8-9,19H,1,7,10H2,2H3. The molecule has 0 bridgehead atoms. The van der Waals surface area contributed by atoms with Gasteiger partial charge >= 0.3 is 6.61 Å². The van der Waals surface area contributed by atoms with E-state index in [0.717, 1.165) is 0 Å². The fourth-order valence-corrected chi connectivity index (χ4v) is 4.54. The molecule has 0 N–H and O–H groups in total. The molecule has 0 atom stereocenters. The number of methoxy groups -OCH3 is 1. The fourth-order valence-electron chi connectivity index (χ4n) is 2.89. The number of aromatic nitrogens is 4. The average Bonchev–Trinajstić information content (AvgIpc) is 3.44. The van der Waals surface area contributed by atoms with E-state index in [4.69, 9.17) is 9.26 Å². The van der Waals surface area contributed by atoms with Crippen LogP contribution in [0.2, 0.25) is 0 Å². The van der Waals surface area contributed by atoms with Crippen LogP contribution >= 0.6 is 23.1 Å². The van der Waals surface area contributed by atoms with Gasteiger partial charge in [-0.25, -0.2) is 4.98 Å². The molecule has 12 heteroatoms. The maximum absolute atomic E-state index is 12.7. The van der Waals surface area contributed by atoms with Crippen molar-refractivity contribution >= 4 is 33.3 Å². The van der Waals surface area contributed by atoms with Crippen LogP contribution in [0.1, 0.15) is 5.89 Å². The summed E-state index contributed by atoms with van der Waals surface area (Å²) in [6.07, 6.45) is 1.63. The maximum Gasteiger partial charge on any atom is 0.387 e. The molecule has 3 heterocycles. The largest absolute Gasteiger partial charge is 0.493 e. The fraction of sp³-hybridized carbons (Fsp3) is 0.200. The van der Waals surface area contributed by atoms with Crippen molar-refractivity contribution in [3.63, 3.8) is 0 Å². The molecule has 0 saturated carbocycles. The first-order chi connectivity index (χ1) is 15.5. The molecule has 4 rings (SSSR count). The van der Waals surface area contributed by atoms with Crippen molar-refractivity contribution in [1.82, 2.24) is 19.7 Å². The van der Waals surface area contributed by atoms with Crippen molar-refractivity contribution in [1.29, 1.82) is 0 Å². The van der Waals surface area contributed by atoms with Gasteiger partial charge in [0.2, 0.25) is 11.7 Å². The van der Waals surface area contributed by atoms with Gasteiger partial charge in [0.25, 0.3) is 5.56 Å². The molecule has 32 heavy (non-hydrogen) atoms. The van der Waals surface area contributed by atoms with Crippen molar-refractivity contribution in [3.8, 4) is 22.9 Å². The number of halogens is 2. The zero-order valence-electron chi connectivity index (χ0n) is 16.7. The molecular weight excluding hydrogens is 462 g/mol. The highest BCUT2D eigenvalue weighted by molar-refractivity contribution is 7.98. The van der Waals surface area contributed by atoms with Gasteiger partial charge in [0.05, 0.1) is 18.2 Å². The van der Waals surface area contributed by atoms with Crippen molar-refractivity contribution in [2.24, 2.45) is 0 Å². The van der Waals surface area contributed by atoms with Gasteiger partial charge in [0.1, 0.15) is 4.83 Å². The Hall–Kier alpha value is -3.25. The van der Waals surface area contributed by atoms with E-state index in [1.807, 2.05) is 5.38 Å². The van der Waals surface area contributed by atoms with Crippen LogP contribution in [0.25, 0.3) is 21.6 Å². The first-order valence-corrected chi connectivity index (χ1v) is 11.0. The SMILES string of the molecule is C=CCn1c(SCc2nc(-c3ccc(OC(F)F)c(OC)c3)no2)nc2sccc2c1=O. The highest BCUT2D eigenvalue weighted by atomic mass is 32.2. The lowest BCUT2D eigenvalue weighted by atomic mass is 10.2. The Morgan fingerprint density at radius 1 is 1.31 bits per heavy atom. The van der Waals surface area contributed by atoms with Crippen LogP contribution in [0.15, 0.2) is 56.8 Å². The number of thiophene rings is 1. The summed E-state index contributed by atoms with van der Waals surface area (Å²) in [5, 5.41) is 6.84. The molecule has 3 aromatic heterocycles. The third kappa shape index (κ3) is 4.50. The number of benzene rings is 1. The van der Waals surface area contributed by atoms with Gasteiger partial charge in [-0.3, -0.25) is 9.36 Å². The Morgan fingerprint density at radius 2 is 2.16 bits per heavy atom. The number of hydrogen-bond donors (Lipinski definition) is 0. The predicted molar refractivity (Wildman–Crippen MR) is 117 cm³/mol. The molecule has 0 aliphatic carbocycles. The van der Waals surface area contributed by atoms with Crippen molar-refractivity contribution in [3.05, 3.63) is 58.5 Å². The van der Waals surface area contributed by atoms with Crippen LogP contribution in [0.5, 0.6) is 11.5 Å². The first-order valence-electron chi connectivity index (χ1n) is 9.17. The summed E-state index contributed by atoms with van der Waals surface area (Å²) in [7, 11) is 1.34. The summed E-state index contributed by atoms with van der Waals surface area (Å²) in [5.41, 5.74) is 0.369. The van der Waals surface area contributed by atoms with E-state index in [2.05, 4.69) is 26.4 Å². The van der Waals surface area contributed by atoms with Gasteiger partial charge in [0, 0.05) is 12.1 Å². The Balaban J connectivity index is 1.55. The zero-order valence-corrected chi connectivity index (χ0v) is 18.3. The molecule has 4 aromatic rings. The summed E-state index contributed by atoms with van der Waals surface area (Å²) in [6.45, 7) is 1.05. The van der Waals surface area contributed by atoms with E-state index in [9.17, 15) is 13.6 Å². The number of allylic oxidation sites excluding steroid dienone is 1. The van der Waals surface area contributed by atoms with E-state index in [1.54, 1.807) is 12.1 Å². The number of alkyl halides is 2. The van der Waals surface area contributed by atoms with E-state index in [1.165, 1.54) is 53.0 Å². The van der Waals surface area contributed by atoms with E-state index in [0.29, 0.717) is 33.4 Å². The number of thioether (sulfide) groups is 1. The van der Waals surface area contributed by atoms with Gasteiger partial charge in [-0.05, 0) is 29.6 Å². The lowest BCUT2D eigenvalue weighted by Crippen LogP contribution is -2.22. The second-order valence-electron chi connectivity index (χ2n) is 6.28. The Kier molecular flexibility index (Phi) is 6.51. The summed E-state index contributed by atoms with van der Waals surface area (Å²) in [5.74, 6) is 0.860. The molecule has 8 nitrogen and oxygen atoms in total. The van der Waals surface area contributed by atoms with Crippen LogP contribution in [0.4, 0.5) is 8.78 Å². The minimum Gasteiger partial charge on any atom is -0.493 e. The van der Waals surface area contributed by atoms with Gasteiger partial charge < -0.3 is 14.0 Å². The molecule has 0 aliphatic rings. The molecule has 0 aliphatic heterocycles.